The van der Waals surface area contributed by atoms with Gasteiger partial charge in [0.15, 0.2) is 0 Å². The molecule has 1 amide bonds. The molecule has 8 heteroatoms. The van der Waals surface area contributed by atoms with Gasteiger partial charge in [-0.25, -0.2) is 8.42 Å². The minimum atomic E-state index is -3.88. The van der Waals surface area contributed by atoms with Crippen LogP contribution in [0.4, 0.5) is 11.4 Å². The molecule has 30 heavy (non-hydrogen) atoms. The van der Waals surface area contributed by atoms with E-state index in [1.807, 2.05) is 27.7 Å². The maximum absolute atomic E-state index is 13.0. The Morgan fingerprint density at radius 1 is 1.20 bits per heavy atom. The Labute approximate surface area is 178 Å². The number of amides is 1. The number of carbonyl (C=O) groups excluding carboxylic acids is 1. The Bertz CT molecular complexity index is 1060. The first-order chi connectivity index (χ1) is 14.1. The predicted octanol–water partition coefficient (Wildman–Crippen LogP) is 3.97. The molecule has 0 atom stereocenters. The normalized spacial score (nSPS) is 15.8. The van der Waals surface area contributed by atoms with Crippen molar-refractivity contribution in [3.8, 4) is 11.5 Å². The highest BCUT2D eigenvalue weighted by Crippen LogP contribution is 2.39. The minimum Gasteiger partial charge on any atom is -0.495 e. The fourth-order valence-corrected chi connectivity index (χ4v) is 4.67. The van der Waals surface area contributed by atoms with Crippen LogP contribution in [0.25, 0.3) is 0 Å². The highest BCUT2D eigenvalue weighted by atomic mass is 32.2. The third-order valence-corrected chi connectivity index (χ3v) is 6.37. The van der Waals surface area contributed by atoms with Crippen molar-refractivity contribution in [1.29, 1.82) is 0 Å². The van der Waals surface area contributed by atoms with E-state index in [1.165, 1.54) is 7.11 Å². The summed E-state index contributed by atoms with van der Waals surface area (Å²) < 4.78 is 39.7. The summed E-state index contributed by atoms with van der Waals surface area (Å²) in [5.41, 5.74) is 1.12. The number of sulfonamides is 1. The number of rotatable bonds is 6. The third-order valence-electron chi connectivity index (χ3n) is 4.97. The van der Waals surface area contributed by atoms with Crippen LogP contribution in [0.3, 0.4) is 0 Å². The van der Waals surface area contributed by atoms with Gasteiger partial charge in [0.25, 0.3) is 10.0 Å². The van der Waals surface area contributed by atoms with E-state index >= 15 is 0 Å². The van der Waals surface area contributed by atoms with Gasteiger partial charge in [-0.1, -0.05) is 13.0 Å². The molecule has 0 aromatic heterocycles. The minimum absolute atomic E-state index is 0.0130. The summed E-state index contributed by atoms with van der Waals surface area (Å²) in [4.78, 5) is 14.7. The van der Waals surface area contributed by atoms with Gasteiger partial charge < -0.3 is 14.4 Å². The van der Waals surface area contributed by atoms with Crippen molar-refractivity contribution < 1.29 is 22.7 Å². The summed E-state index contributed by atoms with van der Waals surface area (Å²) in [7, 11) is -2.45. The SMILES string of the molecule is CCCN1C(=O)C(C)(C)COc2cc(NS(=O)(=O)c3cc(C)ccc3OC)ccc21. The van der Waals surface area contributed by atoms with Crippen molar-refractivity contribution >= 4 is 27.3 Å². The molecule has 0 unspecified atom stereocenters. The molecule has 3 rings (SSSR count). The summed E-state index contributed by atoms with van der Waals surface area (Å²) in [6.07, 6.45) is 0.794. The molecule has 1 aliphatic heterocycles. The number of hydrogen-bond donors (Lipinski definition) is 1. The quantitative estimate of drug-likeness (QED) is 0.747. The molecule has 0 fully saturated rings. The summed E-state index contributed by atoms with van der Waals surface area (Å²) in [5, 5.41) is 0. The first-order valence-corrected chi connectivity index (χ1v) is 11.3. The van der Waals surface area contributed by atoms with Crippen molar-refractivity contribution in [2.75, 3.05) is 29.9 Å². The van der Waals surface area contributed by atoms with Crippen molar-refractivity contribution in [3.63, 3.8) is 0 Å². The van der Waals surface area contributed by atoms with E-state index in [2.05, 4.69) is 4.72 Å². The second-order valence-electron chi connectivity index (χ2n) is 8.07. The molecule has 1 aliphatic rings. The molecule has 0 saturated heterocycles. The number of carbonyl (C=O) groups is 1. The first-order valence-electron chi connectivity index (χ1n) is 9.85. The zero-order valence-electron chi connectivity index (χ0n) is 18.0. The van der Waals surface area contributed by atoms with E-state index in [4.69, 9.17) is 9.47 Å². The summed E-state index contributed by atoms with van der Waals surface area (Å²) in [5.74, 6) is 0.722. The lowest BCUT2D eigenvalue weighted by Gasteiger charge is -2.27. The zero-order chi connectivity index (χ0) is 22.1. The number of nitrogens with zero attached hydrogens (tertiary/aromatic N) is 1. The van der Waals surface area contributed by atoms with Crippen molar-refractivity contribution in [2.45, 2.75) is 39.0 Å². The number of methoxy groups -OCH3 is 1. The Morgan fingerprint density at radius 3 is 2.60 bits per heavy atom. The molecular formula is C22H28N2O5S. The van der Waals surface area contributed by atoms with Crippen LogP contribution in [0.2, 0.25) is 0 Å². The molecule has 1 heterocycles. The lowest BCUT2D eigenvalue weighted by Crippen LogP contribution is -2.42. The Hall–Kier alpha value is -2.74. The molecule has 0 radical (unpaired) electrons. The Morgan fingerprint density at radius 2 is 1.93 bits per heavy atom. The summed E-state index contributed by atoms with van der Waals surface area (Å²) in [6.45, 7) is 8.28. The zero-order valence-corrected chi connectivity index (χ0v) is 18.8. The van der Waals surface area contributed by atoms with Gasteiger partial charge in [0.2, 0.25) is 5.91 Å². The van der Waals surface area contributed by atoms with E-state index in [0.717, 1.165) is 12.0 Å². The monoisotopic (exact) mass is 432 g/mol. The molecule has 0 bridgehead atoms. The van der Waals surface area contributed by atoms with E-state index < -0.39 is 15.4 Å². The van der Waals surface area contributed by atoms with Gasteiger partial charge in [0.1, 0.15) is 23.0 Å². The smallest absolute Gasteiger partial charge is 0.265 e. The molecule has 0 aliphatic carbocycles. The number of benzene rings is 2. The molecule has 2 aromatic carbocycles. The Kier molecular flexibility index (Phi) is 5.99. The average Bonchev–Trinajstić information content (AvgIpc) is 2.78. The van der Waals surface area contributed by atoms with Crippen LogP contribution in [0.15, 0.2) is 41.3 Å². The van der Waals surface area contributed by atoms with E-state index in [9.17, 15) is 13.2 Å². The van der Waals surface area contributed by atoms with E-state index in [0.29, 0.717) is 23.7 Å². The number of ether oxygens (including phenoxy) is 2. The van der Waals surface area contributed by atoms with Gasteiger partial charge in [-0.2, -0.15) is 0 Å². The van der Waals surface area contributed by atoms with Crippen LogP contribution in [0.5, 0.6) is 11.5 Å². The molecule has 0 saturated carbocycles. The summed E-state index contributed by atoms with van der Waals surface area (Å²) in [6, 6.07) is 9.94. The lowest BCUT2D eigenvalue weighted by atomic mass is 9.93. The van der Waals surface area contributed by atoms with Crippen LogP contribution >= 0.6 is 0 Å². The second kappa shape index (κ2) is 8.18. The van der Waals surface area contributed by atoms with Crippen LogP contribution in [-0.4, -0.2) is 34.6 Å². The van der Waals surface area contributed by atoms with E-state index in [1.54, 1.807) is 41.3 Å². The van der Waals surface area contributed by atoms with Crippen LogP contribution in [-0.2, 0) is 14.8 Å². The molecule has 2 aromatic rings. The third kappa shape index (κ3) is 4.23. The molecular weight excluding hydrogens is 404 g/mol. The average molecular weight is 433 g/mol. The highest BCUT2D eigenvalue weighted by molar-refractivity contribution is 7.92. The molecule has 7 nitrogen and oxygen atoms in total. The topological polar surface area (TPSA) is 84.9 Å². The molecule has 1 N–H and O–H groups in total. The second-order valence-corrected chi connectivity index (χ2v) is 9.72. The Balaban J connectivity index is 1.98. The highest BCUT2D eigenvalue weighted by Gasteiger charge is 2.37. The van der Waals surface area contributed by atoms with Gasteiger partial charge in [-0.15, -0.1) is 0 Å². The number of anilines is 2. The maximum Gasteiger partial charge on any atom is 0.265 e. The van der Waals surface area contributed by atoms with Crippen molar-refractivity contribution in [1.82, 2.24) is 0 Å². The van der Waals surface area contributed by atoms with Gasteiger partial charge in [0, 0.05) is 12.6 Å². The number of aryl methyl sites for hydroxylation is 1. The van der Waals surface area contributed by atoms with Gasteiger partial charge in [-0.05, 0) is 57.0 Å². The lowest BCUT2D eigenvalue weighted by molar-refractivity contribution is -0.127. The van der Waals surface area contributed by atoms with Crippen LogP contribution in [0, 0.1) is 12.3 Å². The van der Waals surface area contributed by atoms with Gasteiger partial charge in [-0.3, -0.25) is 9.52 Å². The molecule has 0 spiro atoms. The predicted molar refractivity (Wildman–Crippen MR) is 117 cm³/mol. The van der Waals surface area contributed by atoms with Crippen molar-refractivity contribution in [2.24, 2.45) is 5.41 Å². The van der Waals surface area contributed by atoms with Gasteiger partial charge >= 0.3 is 0 Å². The van der Waals surface area contributed by atoms with Gasteiger partial charge in [0.05, 0.1) is 23.9 Å². The fourth-order valence-electron chi connectivity index (χ4n) is 3.36. The number of nitrogens with one attached hydrogen (secondary N) is 1. The van der Waals surface area contributed by atoms with Crippen molar-refractivity contribution in [3.05, 3.63) is 42.0 Å². The standard InChI is InChI=1S/C22H28N2O5S/c1-6-11-24-17-9-8-16(13-19(17)29-14-22(3,4)21(24)25)23-30(26,27)20-12-15(2)7-10-18(20)28-5/h7-10,12-13,23H,6,11,14H2,1-5H3. The van der Waals surface area contributed by atoms with Crippen LogP contribution in [0.1, 0.15) is 32.8 Å². The number of hydrogen-bond acceptors (Lipinski definition) is 5. The maximum atomic E-state index is 13.0. The fraction of sp³-hybridized carbons (Fsp3) is 0.409. The molecule has 162 valence electrons. The largest absolute Gasteiger partial charge is 0.495 e. The summed E-state index contributed by atoms with van der Waals surface area (Å²) >= 11 is 0. The first kappa shape index (κ1) is 22.0. The van der Waals surface area contributed by atoms with E-state index in [-0.39, 0.29) is 23.2 Å². The van der Waals surface area contributed by atoms with Crippen LogP contribution < -0.4 is 19.1 Å². The number of fused-ring (bicyclic) bond motifs is 1.